The molecule has 19 heavy (non-hydrogen) atoms. The molecule has 1 aromatic carbocycles. The average Bonchev–Trinajstić information content (AvgIpc) is 2.86. The lowest BCUT2D eigenvalue weighted by Gasteiger charge is -2.27. The minimum absolute atomic E-state index is 0.222. The summed E-state index contributed by atoms with van der Waals surface area (Å²) < 4.78 is 19.6. The molecule has 0 amide bonds. The predicted molar refractivity (Wildman–Crippen MR) is 76.1 cm³/mol. The molecule has 0 radical (unpaired) electrons. The molecule has 1 N–H and O–H groups in total. The van der Waals surface area contributed by atoms with E-state index in [1.807, 2.05) is 7.05 Å². The van der Waals surface area contributed by atoms with Crippen LogP contribution in [0.4, 0.5) is 4.39 Å². The smallest absolute Gasteiger partial charge is 0.127 e. The van der Waals surface area contributed by atoms with Gasteiger partial charge in [-0.2, -0.15) is 0 Å². The summed E-state index contributed by atoms with van der Waals surface area (Å²) in [7, 11) is 1.93. The molecule has 1 aliphatic heterocycles. The molecule has 1 heterocycles. The zero-order valence-corrected chi connectivity index (χ0v) is 12.2. The number of halogens is 2. The minimum atomic E-state index is -0.222. The van der Waals surface area contributed by atoms with Gasteiger partial charge in [0.2, 0.25) is 0 Å². The first-order valence-corrected chi connectivity index (χ1v) is 7.26. The average molecular weight is 286 g/mol. The van der Waals surface area contributed by atoms with Crippen molar-refractivity contribution in [1.29, 1.82) is 0 Å². The fourth-order valence-corrected chi connectivity index (χ4v) is 3.10. The normalized spacial score (nSPS) is 24.6. The molecular formula is C15H21ClFNO. The summed E-state index contributed by atoms with van der Waals surface area (Å²) >= 11 is 5.78. The van der Waals surface area contributed by atoms with E-state index >= 15 is 0 Å². The van der Waals surface area contributed by atoms with Crippen LogP contribution in [0.15, 0.2) is 18.2 Å². The van der Waals surface area contributed by atoms with Crippen LogP contribution in [0.3, 0.4) is 0 Å². The van der Waals surface area contributed by atoms with Crippen LogP contribution in [0.1, 0.15) is 25.3 Å². The Morgan fingerprint density at radius 2 is 2.32 bits per heavy atom. The molecular weight excluding hydrogens is 265 g/mol. The predicted octanol–water partition coefficient (Wildman–Crippen LogP) is 3.42. The number of likely N-dealkylation sites (N-methyl/N-ethyl adjacent to an activating group) is 1. The molecule has 1 aromatic rings. The number of rotatable bonds is 5. The van der Waals surface area contributed by atoms with E-state index in [0.29, 0.717) is 22.9 Å². The summed E-state index contributed by atoms with van der Waals surface area (Å²) in [5.41, 5.74) is 0.713. The van der Waals surface area contributed by atoms with Gasteiger partial charge in [0, 0.05) is 23.6 Å². The lowest BCUT2D eigenvalue weighted by Crippen LogP contribution is -2.39. The van der Waals surface area contributed by atoms with Gasteiger partial charge in [0.05, 0.1) is 6.10 Å². The van der Waals surface area contributed by atoms with E-state index in [-0.39, 0.29) is 18.0 Å². The van der Waals surface area contributed by atoms with Gasteiger partial charge < -0.3 is 10.1 Å². The van der Waals surface area contributed by atoms with Crippen molar-refractivity contribution in [2.45, 2.75) is 38.3 Å². The van der Waals surface area contributed by atoms with Gasteiger partial charge in [-0.25, -0.2) is 4.39 Å². The van der Waals surface area contributed by atoms with Crippen molar-refractivity contribution in [3.63, 3.8) is 0 Å². The molecule has 0 bridgehead atoms. The SMILES string of the molecule is CCC1OCCC1C(Cc1ccc(Cl)cc1F)NC. The van der Waals surface area contributed by atoms with E-state index in [4.69, 9.17) is 16.3 Å². The Morgan fingerprint density at radius 3 is 2.95 bits per heavy atom. The van der Waals surface area contributed by atoms with Crippen molar-refractivity contribution in [2.24, 2.45) is 5.92 Å². The first-order chi connectivity index (χ1) is 9.15. The Labute approximate surface area is 119 Å². The summed E-state index contributed by atoms with van der Waals surface area (Å²) in [6, 6.07) is 5.14. The Hall–Kier alpha value is -0.640. The minimum Gasteiger partial charge on any atom is -0.378 e. The summed E-state index contributed by atoms with van der Waals surface area (Å²) in [5.74, 6) is 0.227. The quantitative estimate of drug-likeness (QED) is 0.895. The maximum atomic E-state index is 13.9. The van der Waals surface area contributed by atoms with E-state index < -0.39 is 0 Å². The third-order valence-corrected chi connectivity index (χ3v) is 4.24. The molecule has 3 atom stereocenters. The van der Waals surface area contributed by atoms with Crippen LogP contribution < -0.4 is 5.32 Å². The third-order valence-electron chi connectivity index (χ3n) is 4.01. The van der Waals surface area contributed by atoms with Crippen LogP contribution in [0.5, 0.6) is 0 Å². The number of hydrogen-bond donors (Lipinski definition) is 1. The Morgan fingerprint density at radius 1 is 1.53 bits per heavy atom. The largest absolute Gasteiger partial charge is 0.378 e. The standard InChI is InChI=1S/C15H21ClFNO/c1-3-15-12(6-7-19-15)14(18-2)8-10-4-5-11(16)9-13(10)17/h4-5,9,12,14-15,18H,3,6-8H2,1-2H3. The zero-order chi connectivity index (χ0) is 13.8. The number of hydrogen-bond acceptors (Lipinski definition) is 2. The van der Waals surface area contributed by atoms with Crippen LogP contribution in [0, 0.1) is 11.7 Å². The summed E-state index contributed by atoms with van der Waals surface area (Å²) in [5, 5.41) is 3.76. The highest BCUT2D eigenvalue weighted by atomic mass is 35.5. The first kappa shape index (κ1) is 14.8. The highest BCUT2D eigenvalue weighted by Gasteiger charge is 2.33. The summed E-state index contributed by atoms with van der Waals surface area (Å²) in [6.07, 6.45) is 3.00. The van der Waals surface area contributed by atoms with Gasteiger partial charge in [-0.05, 0) is 44.0 Å². The monoisotopic (exact) mass is 285 g/mol. The second-order valence-electron chi connectivity index (χ2n) is 5.11. The molecule has 1 saturated heterocycles. The van der Waals surface area contributed by atoms with Crippen molar-refractivity contribution < 1.29 is 9.13 Å². The molecule has 0 aliphatic carbocycles. The van der Waals surface area contributed by atoms with Gasteiger partial charge in [-0.3, -0.25) is 0 Å². The van der Waals surface area contributed by atoms with Crippen molar-refractivity contribution in [1.82, 2.24) is 5.32 Å². The van der Waals surface area contributed by atoms with Crippen molar-refractivity contribution in [3.8, 4) is 0 Å². The maximum Gasteiger partial charge on any atom is 0.127 e. The van der Waals surface area contributed by atoms with Gasteiger partial charge in [0.1, 0.15) is 5.82 Å². The molecule has 3 unspecified atom stereocenters. The summed E-state index contributed by atoms with van der Waals surface area (Å²) in [4.78, 5) is 0. The van der Waals surface area contributed by atoms with Gasteiger partial charge in [0.25, 0.3) is 0 Å². The fourth-order valence-electron chi connectivity index (χ4n) is 2.94. The highest BCUT2D eigenvalue weighted by Crippen LogP contribution is 2.28. The Balaban J connectivity index is 2.10. The van der Waals surface area contributed by atoms with Crippen LogP contribution in [0.25, 0.3) is 0 Å². The van der Waals surface area contributed by atoms with Gasteiger partial charge in [-0.15, -0.1) is 0 Å². The topological polar surface area (TPSA) is 21.3 Å². The lowest BCUT2D eigenvalue weighted by molar-refractivity contribution is 0.0782. The van der Waals surface area contributed by atoms with Crippen LogP contribution in [-0.4, -0.2) is 25.8 Å². The van der Waals surface area contributed by atoms with Gasteiger partial charge in [0.15, 0.2) is 0 Å². The molecule has 0 spiro atoms. The molecule has 0 aromatic heterocycles. The van der Waals surface area contributed by atoms with Gasteiger partial charge >= 0.3 is 0 Å². The first-order valence-electron chi connectivity index (χ1n) is 6.88. The van der Waals surface area contributed by atoms with Gasteiger partial charge in [-0.1, -0.05) is 24.6 Å². The van der Waals surface area contributed by atoms with Crippen molar-refractivity contribution >= 4 is 11.6 Å². The number of ether oxygens (including phenoxy) is 1. The third kappa shape index (κ3) is 3.47. The van der Waals surface area contributed by atoms with E-state index in [9.17, 15) is 4.39 Å². The molecule has 1 aliphatic rings. The second-order valence-corrected chi connectivity index (χ2v) is 5.54. The molecule has 2 rings (SSSR count). The number of nitrogens with one attached hydrogen (secondary N) is 1. The molecule has 2 nitrogen and oxygen atoms in total. The van der Waals surface area contributed by atoms with Crippen LogP contribution in [-0.2, 0) is 11.2 Å². The maximum absolute atomic E-state index is 13.9. The lowest BCUT2D eigenvalue weighted by atomic mass is 9.87. The Bertz CT molecular complexity index is 427. The number of benzene rings is 1. The van der Waals surface area contributed by atoms with E-state index in [1.54, 1.807) is 12.1 Å². The molecule has 1 fully saturated rings. The van der Waals surface area contributed by atoms with E-state index in [2.05, 4.69) is 12.2 Å². The Kier molecular flexibility index (Phi) is 5.20. The van der Waals surface area contributed by atoms with Crippen LogP contribution in [0.2, 0.25) is 5.02 Å². The van der Waals surface area contributed by atoms with E-state index in [0.717, 1.165) is 19.4 Å². The molecule has 106 valence electrons. The fraction of sp³-hybridized carbons (Fsp3) is 0.600. The van der Waals surface area contributed by atoms with Crippen molar-refractivity contribution in [3.05, 3.63) is 34.6 Å². The molecule has 0 saturated carbocycles. The van der Waals surface area contributed by atoms with E-state index in [1.165, 1.54) is 6.07 Å². The summed E-state index contributed by atoms with van der Waals surface area (Å²) in [6.45, 7) is 2.95. The second kappa shape index (κ2) is 6.69. The zero-order valence-electron chi connectivity index (χ0n) is 11.5. The highest BCUT2D eigenvalue weighted by molar-refractivity contribution is 6.30. The molecule has 4 heteroatoms. The van der Waals surface area contributed by atoms with Crippen molar-refractivity contribution in [2.75, 3.05) is 13.7 Å². The van der Waals surface area contributed by atoms with Crippen LogP contribution >= 0.6 is 11.6 Å².